The van der Waals surface area contributed by atoms with E-state index < -0.39 is 0 Å². The summed E-state index contributed by atoms with van der Waals surface area (Å²) in [6.07, 6.45) is 6.85. The quantitative estimate of drug-likeness (QED) is 0.801. The molecule has 0 radical (unpaired) electrons. The van der Waals surface area contributed by atoms with E-state index in [-0.39, 0.29) is 11.8 Å². The average Bonchev–Trinajstić information content (AvgIpc) is 2.50. The molecule has 3 aliphatic rings. The molecule has 4 nitrogen and oxygen atoms in total. The molecule has 6 heteroatoms. The third kappa shape index (κ3) is 3.21. The van der Waals surface area contributed by atoms with Crippen LogP contribution in [0.15, 0.2) is 36.2 Å². The molecule has 138 valence electrons. The van der Waals surface area contributed by atoms with E-state index in [0.29, 0.717) is 16.1 Å². The van der Waals surface area contributed by atoms with E-state index in [0.717, 1.165) is 55.7 Å². The molecule has 0 bridgehead atoms. The zero-order valence-electron chi connectivity index (χ0n) is 14.7. The molecule has 1 amide bonds. The SMILES string of the molecule is C=CNC1CN(c2cc(Cl)c(C3CCC(=C4CCC4)NC3=O)c(Cl)c2)C1. The number of piperidine rings is 1. The molecule has 2 N–H and O–H groups in total. The number of hydrogen-bond acceptors (Lipinski definition) is 3. The molecule has 0 aromatic heterocycles. The number of carbonyl (C=O) groups is 1. The fourth-order valence-corrected chi connectivity index (χ4v) is 4.70. The highest BCUT2D eigenvalue weighted by Crippen LogP contribution is 2.41. The maximum absolute atomic E-state index is 12.7. The van der Waals surface area contributed by atoms with Gasteiger partial charge in [-0.2, -0.15) is 0 Å². The van der Waals surface area contributed by atoms with Crippen molar-refractivity contribution >= 4 is 34.8 Å². The number of anilines is 1. The molecule has 0 spiro atoms. The van der Waals surface area contributed by atoms with Crippen molar-refractivity contribution in [3.63, 3.8) is 0 Å². The van der Waals surface area contributed by atoms with E-state index in [2.05, 4.69) is 22.1 Å². The maximum atomic E-state index is 12.7. The highest BCUT2D eigenvalue weighted by molar-refractivity contribution is 6.37. The van der Waals surface area contributed by atoms with Crippen molar-refractivity contribution < 1.29 is 4.79 Å². The van der Waals surface area contributed by atoms with Gasteiger partial charge in [-0.05, 0) is 50.4 Å². The minimum Gasteiger partial charge on any atom is -0.385 e. The number of halogens is 2. The molecule has 1 aromatic rings. The van der Waals surface area contributed by atoms with Crippen molar-refractivity contribution in [2.75, 3.05) is 18.0 Å². The molecule has 2 heterocycles. The van der Waals surface area contributed by atoms with E-state index >= 15 is 0 Å². The molecule has 1 saturated carbocycles. The summed E-state index contributed by atoms with van der Waals surface area (Å²) in [5, 5.41) is 7.45. The van der Waals surface area contributed by atoms with Crippen LogP contribution in [-0.4, -0.2) is 25.0 Å². The number of nitrogens with one attached hydrogen (secondary N) is 2. The smallest absolute Gasteiger partial charge is 0.231 e. The molecule has 2 aliphatic heterocycles. The first-order valence-corrected chi connectivity index (χ1v) is 9.95. The predicted molar refractivity (Wildman–Crippen MR) is 107 cm³/mol. The van der Waals surface area contributed by atoms with Gasteiger partial charge in [0.2, 0.25) is 5.91 Å². The highest BCUT2D eigenvalue weighted by atomic mass is 35.5. The molecule has 3 fully saturated rings. The zero-order chi connectivity index (χ0) is 18.3. The van der Waals surface area contributed by atoms with Gasteiger partial charge in [-0.3, -0.25) is 4.79 Å². The number of carbonyl (C=O) groups excluding carboxylic acids is 1. The third-order valence-electron chi connectivity index (χ3n) is 5.67. The molecule has 2 saturated heterocycles. The Morgan fingerprint density at radius 2 is 1.88 bits per heavy atom. The monoisotopic (exact) mass is 391 g/mol. The van der Waals surface area contributed by atoms with Gasteiger partial charge in [0.15, 0.2) is 0 Å². The number of nitrogens with zero attached hydrogens (tertiary/aromatic N) is 1. The second-order valence-electron chi connectivity index (χ2n) is 7.31. The van der Waals surface area contributed by atoms with Crippen LogP contribution in [0.1, 0.15) is 43.6 Å². The van der Waals surface area contributed by atoms with Crippen LogP contribution < -0.4 is 15.5 Å². The summed E-state index contributed by atoms with van der Waals surface area (Å²) in [5.41, 5.74) is 4.29. The van der Waals surface area contributed by atoms with Gasteiger partial charge in [0.1, 0.15) is 0 Å². The minimum atomic E-state index is -0.278. The van der Waals surface area contributed by atoms with Crippen LogP contribution in [0.4, 0.5) is 5.69 Å². The Bertz CT molecular complexity index is 754. The van der Waals surface area contributed by atoms with E-state index in [1.807, 2.05) is 12.1 Å². The topological polar surface area (TPSA) is 44.4 Å². The van der Waals surface area contributed by atoms with Crippen LogP contribution in [0.25, 0.3) is 0 Å². The Kier molecular flexibility index (Phi) is 4.89. The first-order valence-electron chi connectivity index (χ1n) is 9.19. The fraction of sp³-hybridized carbons (Fsp3) is 0.450. The number of benzene rings is 1. The summed E-state index contributed by atoms with van der Waals surface area (Å²) in [6, 6.07) is 4.27. The van der Waals surface area contributed by atoms with E-state index in [1.165, 1.54) is 12.0 Å². The molecular weight excluding hydrogens is 369 g/mol. The summed E-state index contributed by atoms with van der Waals surface area (Å²) in [5.74, 6) is -0.263. The van der Waals surface area contributed by atoms with Crippen molar-refractivity contribution in [3.05, 3.63) is 51.8 Å². The van der Waals surface area contributed by atoms with Gasteiger partial charge in [0, 0.05) is 40.1 Å². The lowest BCUT2D eigenvalue weighted by Gasteiger charge is -2.41. The van der Waals surface area contributed by atoms with Gasteiger partial charge >= 0.3 is 0 Å². The van der Waals surface area contributed by atoms with Crippen LogP contribution >= 0.6 is 23.2 Å². The number of allylic oxidation sites excluding steroid dienone is 2. The Morgan fingerprint density at radius 1 is 1.19 bits per heavy atom. The predicted octanol–water partition coefficient (Wildman–Crippen LogP) is 4.35. The standard InChI is InChI=1S/C20H23Cl2N3O/c1-2-23-13-10-25(11-13)14-8-16(21)19(17(22)9-14)15-6-7-18(24-20(15)26)12-4-3-5-12/h2,8-9,13,15,23H,1,3-7,10-11H2,(H,24,26). The molecule has 1 aromatic carbocycles. The summed E-state index contributed by atoms with van der Waals surface area (Å²) in [7, 11) is 0. The summed E-state index contributed by atoms with van der Waals surface area (Å²) >= 11 is 13.1. The van der Waals surface area contributed by atoms with Crippen LogP contribution in [0.5, 0.6) is 0 Å². The largest absolute Gasteiger partial charge is 0.385 e. The van der Waals surface area contributed by atoms with Crippen molar-refractivity contribution in [2.45, 2.75) is 44.1 Å². The van der Waals surface area contributed by atoms with Crippen LogP contribution in [0, 0.1) is 0 Å². The number of hydrogen-bond donors (Lipinski definition) is 2. The van der Waals surface area contributed by atoms with Gasteiger partial charge in [-0.1, -0.05) is 35.4 Å². The second kappa shape index (κ2) is 7.16. The molecule has 1 unspecified atom stereocenters. The maximum Gasteiger partial charge on any atom is 0.231 e. The van der Waals surface area contributed by atoms with Crippen LogP contribution in [-0.2, 0) is 4.79 Å². The average molecular weight is 392 g/mol. The Hall–Kier alpha value is -1.65. The molecule has 4 rings (SSSR count). The summed E-state index contributed by atoms with van der Waals surface area (Å²) in [6.45, 7) is 5.47. The van der Waals surface area contributed by atoms with Crippen LogP contribution in [0.3, 0.4) is 0 Å². The fourth-order valence-electron chi connectivity index (χ4n) is 3.96. The first kappa shape index (κ1) is 17.7. The molecule has 1 aliphatic carbocycles. The minimum absolute atomic E-state index is 0.0152. The Labute approximate surface area is 164 Å². The van der Waals surface area contributed by atoms with Crippen molar-refractivity contribution in [3.8, 4) is 0 Å². The van der Waals surface area contributed by atoms with E-state index in [1.54, 1.807) is 6.20 Å². The van der Waals surface area contributed by atoms with E-state index in [9.17, 15) is 4.79 Å². The van der Waals surface area contributed by atoms with Crippen molar-refractivity contribution in [1.82, 2.24) is 10.6 Å². The van der Waals surface area contributed by atoms with E-state index in [4.69, 9.17) is 23.2 Å². The van der Waals surface area contributed by atoms with Gasteiger partial charge in [0.05, 0.1) is 12.0 Å². The molecular formula is C20H23Cl2N3O. The van der Waals surface area contributed by atoms with Gasteiger partial charge in [-0.15, -0.1) is 0 Å². The van der Waals surface area contributed by atoms with Crippen LogP contribution in [0.2, 0.25) is 10.0 Å². The molecule has 1 atom stereocenters. The number of amides is 1. The normalized spacial score (nSPS) is 23.2. The Balaban J connectivity index is 1.51. The zero-order valence-corrected chi connectivity index (χ0v) is 16.2. The summed E-state index contributed by atoms with van der Waals surface area (Å²) in [4.78, 5) is 14.9. The van der Waals surface area contributed by atoms with Gasteiger partial charge in [0.25, 0.3) is 0 Å². The van der Waals surface area contributed by atoms with Crippen molar-refractivity contribution in [1.29, 1.82) is 0 Å². The first-order chi connectivity index (χ1) is 12.6. The van der Waals surface area contributed by atoms with Gasteiger partial charge in [-0.25, -0.2) is 0 Å². The number of rotatable bonds is 4. The lowest BCUT2D eigenvalue weighted by Crippen LogP contribution is -2.56. The highest BCUT2D eigenvalue weighted by Gasteiger charge is 2.33. The lowest BCUT2D eigenvalue weighted by molar-refractivity contribution is -0.122. The Morgan fingerprint density at radius 3 is 2.42 bits per heavy atom. The van der Waals surface area contributed by atoms with Crippen molar-refractivity contribution in [2.24, 2.45) is 0 Å². The molecule has 26 heavy (non-hydrogen) atoms. The van der Waals surface area contributed by atoms with Gasteiger partial charge < -0.3 is 15.5 Å². The lowest BCUT2D eigenvalue weighted by atomic mass is 9.84. The third-order valence-corrected chi connectivity index (χ3v) is 6.30. The summed E-state index contributed by atoms with van der Waals surface area (Å²) < 4.78 is 0. The second-order valence-corrected chi connectivity index (χ2v) is 8.13.